The lowest BCUT2D eigenvalue weighted by Gasteiger charge is -2.31. The molecule has 5 heteroatoms. The van der Waals surface area contributed by atoms with E-state index in [0.717, 1.165) is 38.9 Å². The molecule has 5 nitrogen and oxygen atoms in total. The normalized spacial score (nSPS) is 11.9. The third kappa shape index (κ3) is 4.87. The first-order chi connectivity index (χ1) is 16.0. The summed E-state index contributed by atoms with van der Waals surface area (Å²) >= 11 is 0. The number of aromatic amines is 1. The zero-order valence-electron chi connectivity index (χ0n) is 19.6. The summed E-state index contributed by atoms with van der Waals surface area (Å²) in [6.07, 6.45) is 2.00. The van der Waals surface area contributed by atoms with Gasteiger partial charge in [0.15, 0.2) is 6.61 Å². The van der Waals surface area contributed by atoms with Gasteiger partial charge in [0.1, 0.15) is 11.5 Å². The van der Waals surface area contributed by atoms with Gasteiger partial charge in [0.05, 0.1) is 13.2 Å². The van der Waals surface area contributed by atoms with E-state index in [0.29, 0.717) is 12.3 Å². The number of aromatic nitrogens is 1. The molecule has 0 aliphatic carbocycles. The Morgan fingerprint density at radius 1 is 0.970 bits per heavy atom. The van der Waals surface area contributed by atoms with Crippen LogP contribution in [-0.2, 0) is 4.79 Å². The van der Waals surface area contributed by atoms with Gasteiger partial charge in [0.2, 0.25) is 0 Å². The highest BCUT2D eigenvalue weighted by Crippen LogP contribution is 2.34. The number of aryl methyl sites for hydroxylation is 2. The van der Waals surface area contributed by atoms with Crippen LogP contribution in [0.1, 0.15) is 35.2 Å². The third-order valence-corrected chi connectivity index (χ3v) is 5.88. The molecule has 0 fully saturated rings. The third-order valence-electron chi connectivity index (χ3n) is 5.88. The highest BCUT2D eigenvalue weighted by molar-refractivity contribution is 5.86. The molecule has 0 saturated carbocycles. The summed E-state index contributed by atoms with van der Waals surface area (Å²) in [5.74, 6) is 1.43. The Labute approximate surface area is 195 Å². The zero-order valence-corrected chi connectivity index (χ0v) is 19.6. The number of amides is 1. The molecule has 1 atom stereocenters. The Balaban J connectivity index is 1.68. The predicted molar refractivity (Wildman–Crippen MR) is 132 cm³/mol. The molecule has 1 heterocycles. The molecule has 4 aromatic rings. The molecule has 0 spiro atoms. The summed E-state index contributed by atoms with van der Waals surface area (Å²) in [5, 5.41) is 1.10. The molecule has 1 N–H and O–H groups in total. The molecule has 3 aromatic carbocycles. The molecule has 0 unspecified atom stereocenters. The number of carbonyl (C=O) groups is 1. The van der Waals surface area contributed by atoms with Crippen molar-refractivity contribution in [3.8, 4) is 11.5 Å². The van der Waals surface area contributed by atoms with E-state index in [1.807, 2.05) is 86.5 Å². The molecule has 1 amide bonds. The van der Waals surface area contributed by atoms with Gasteiger partial charge in [0.25, 0.3) is 5.91 Å². The van der Waals surface area contributed by atoms with Crippen LogP contribution in [0.4, 0.5) is 0 Å². The number of hydrogen-bond acceptors (Lipinski definition) is 3. The minimum atomic E-state index is -0.257. The SMILES string of the molecule is CCN(C(=O)COc1cc(C)cc(C)c1)[C@@H](c1ccc(OC)cc1)c1c[nH]c2ccccc12. The van der Waals surface area contributed by atoms with E-state index >= 15 is 0 Å². The molecule has 1 aromatic heterocycles. The molecule has 0 radical (unpaired) electrons. The average Bonchev–Trinajstić information content (AvgIpc) is 3.24. The van der Waals surface area contributed by atoms with E-state index < -0.39 is 0 Å². The Kier molecular flexibility index (Phi) is 6.68. The first-order valence-electron chi connectivity index (χ1n) is 11.2. The molecule has 0 aliphatic heterocycles. The zero-order chi connectivity index (χ0) is 23.4. The van der Waals surface area contributed by atoms with Crippen LogP contribution in [0.25, 0.3) is 10.9 Å². The van der Waals surface area contributed by atoms with Gasteiger partial charge in [-0.05, 0) is 67.8 Å². The van der Waals surface area contributed by atoms with Gasteiger partial charge in [-0.25, -0.2) is 0 Å². The first kappa shape index (κ1) is 22.5. The number of H-pyrrole nitrogens is 1. The topological polar surface area (TPSA) is 54.6 Å². The number of nitrogens with one attached hydrogen (secondary N) is 1. The number of para-hydroxylation sites is 1. The van der Waals surface area contributed by atoms with E-state index in [4.69, 9.17) is 9.47 Å². The quantitative estimate of drug-likeness (QED) is 0.375. The molecule has 33 heavy (non-hydrogen) atoms. The monoisotopic (exact) mass is 442 g/mol. The van der Waals surface area contributed by atoms with Crippen LogP contribution < -0.4 is 9.47 Å². The molecule has 4 rings (SSSR count). The number of carbonyl (C=O) groups excluding carboxylic acids is 1. The van der Waals surface area contributed by atoms with Gasteiger partial charge in [-0.1, -0.05) is 36.4 Å². The van der Waals surface area contributed by atoms with Crippen molar-refractivity contribution in [1.82, 2.24) is 9.88 Å². The summed E-state index contributed by atoms with van der Waals surface area (Å²) in [7, 11) is 1.65. The minimum absolute atomic E-state index is 0.0221. The molecule has 0 aliphatic rings. The van der Waals surface area contributed by atoms with Gasteiger partial charge in [0, 0.05) is 29.2 Å². The molecule has 0 bridgehead atoms. The van der Waals surface area contributed by atoms with Gasteiger partial charge in [-0.2, -0.15) is 0 Å². The maximum Gasteiger partial charge on any atom is 0.261 e. The second-order valence-corrected chi connectivity index (χ2v) is 8.26. The second-order valence-electron chi connectivity index (χ2n) is 8.26. The predicted octanol–water partition coefficient (Wildman–Crippen LogP) is 5.81. The van der Waals surface area contributed by atoms with E-state index in [1.54, 1.807) is 7.11 Å². The van der Waals surface area contributed by atoms with Crippen molar-refractivity contribution in [2.24, 2.45) is 0 Å². The maximum absolute atomic E-state index is 13.5. The second kappa shape index (κ2) is 9.82. The Hall–Kier alpha value is -3.73. The first-order valence-corrected chi connectivity index (χ1v) is 11.2. The van der Waals surface area contributed by atoms with Gasteiger partial charge < -0.3 is 19.4 Å². The lowest BCUT2D eigenvalue weighted by molar-refractivity contribution is -0.134. The van der Waals surface area contributed by atoms with E-state index in [2.05, 4.69) is 17.1 Å². The summed E-state index contributed by atoms with van der Waals surface area (Å²) < 4.78 is 11.3. The molecule has 0 saturated heterocycles. The van der Waals surface area contributed by atoms with Gasteiger partial charge in [-0.15, -0.1) is 0 Å². The van der Waals surface area contributed by atoms with Crippen molar-refractivity contribution in [2.45, 2.75) is 26.8 Å². The van der Waals surface area contributed by atoms with Crippen molar-refractivity contribution in [3.05, 3.63) is 95.2 Å². The summed E-state index contributed by atoms with van der Waals surface area (Å²) in [5.41, 5.74) is 5.33. The highest BCUT2D eigenvalue weighted by Gasteiger charge is 2.28. The van der Waals surface area contributed by atoms with Crippen LogP contribution in [-0.4, -0.2) is 36.1 Å². The number of ether oxygens (including phenoxy) is 2. The number of methoxy groups -OCH3 is 1. The fourth-order valence-corrected chi connectivity index (χ4v) is 4.38. The molecular weight excluding hydrogens is 412 g/mol. The average molecular weight is 443 g/mol. The van der Waals surface area contributed by atoms with Gasteiger partial charge in [-0.3, -0.25) is 4.79 Å². The summed E-state index contributed by atoms with van der Waals surface area (Å²) in [6, 6.07) is 21.8. The van der Waals surface area contributed by atoms with E-state index in [9.17, 15) is 4.79 Å². The van der Waals surface area contributed by atoms with Crippen LogP contribution >= 0.6 is 0 Å². The fraction of sp³-hybridized carbons (Fsp3) is 0.250. The highest BCUT2D eigenvalue weighted by atomic mass is 16.5. The Morgan fingerprint density at radius 2 is 1.67 bits per heavy atom. The number of rotatable bonds is 8. The van der Waals surface area contributed by atoms with Crippen LogP contribution in [0.3, 0.4) is 0 Å². The molecule has 170 valence electrons. The van der Waals surface area contributed by atoms with Crippen LogP contribution in [0.15, 0.2) is 72.9 Å². The van der Waals surface area contributed by atoms with Crippen LogP contribution in [0.2, 0.25) is 0 Å². The standard InChI is InChI=1S/C28H30N2O3/c1-5-30(27(31)18-33-23-15-19(2)14-20(3)16-23)28(21-10-12-22(32-4)13-11-21)25-17-29-26-9-7-6-8-24(25)26/h6-17,28-29H,5,18H2,1-4H3/t28-/m0/s1. The number of fused-ring (bicyclic) bond motifs is 1. The number of hydrogen-bond donors (Lipinski definition) is 1. The maximum atomic E-state index is 13.5. The van der Waals surface area contributed by atoms with E-state index in [1.165, 1.54) is 0 Å². The largest absolute Gasteiger partial charge is 0.497 e. The van der Waals surface area contributed by atoms with Crippen molar-refractivity contribution in [1.29, 1.82) is 0 Å². The van der Waals surface area contributed by atoms with Crippen molar-refractivity contribution < 1.29 is 14.3 Å². The summed E-state index contributed by atoms with van der Waals surface area (Å²) in [4.78, 5) is 18.7. The van der Waals surface area contributed by atoms with Gasteiger partial charge >= 0.3 is 0 Å². The Morgan fingerprint density at radius 3 is 2.33 bits per heavy atom. The smallest absolute Gasteiger partial charge is 0.261 e. The minimum Gasteiger partial charge on any atom is -0.497 e. The number of nitrogens with zero attached hydrogens (tertiary/aromatic N) is 1. The van der Waals surface area contributed by atoms with Crippen molar-refractivity contribution >= 4 is 16.8 Å². The summed E-state index contributed by atoms with van der Waals surface area (Å²) in [6.45, 7) is 6.57. The van der Waals surface area contributed by atoms with E-state index in [-0.39, 0.29) is 18.6 Å². The Bertz CT molecular complexity index is 1220. The molecular formula is C28H30N2O3. The van der Waals surface area contributed by atoms with Crippen molar-refractivity contribution in [2.75, 3.05) is 20.3 Å². The number of likely N-dealkylation sites (N-methyl/N-ethyl adjacent to an activating group) is 1. The van der Waals surface area contributed by atoms with Crippen molar-refractivity contribution in [3.63, 3.8) is 0 Å². The van der Waals surface area contributed by atoms with Crippen LogP contribution in [0.5, 0.6) is 11.5 Å². The lowest BCUT2D eigenvalue weighted by Crippen LogP contribution is -2.38. The number of benzene rings is 3. The fourth-order valence-electron chi connectivity index (χ4n) is 4.38. The van der Waals surface area contributed by atoms with Crippen LogP contribution in [0, 0.1) is 13.8 Å². The lowest BCUT2D eigenvalue weighted by atomic mass is 9.96.